The van der Waals surface area contributed by atoms with Crippen LogP contribution in [0.2, 0.25) is 0 Å². The maximum atomic E-state index is 12.0. The lowest BCUT2D eigenvalue weighted by molar-refractivity contribution is -0.0498. The first-order valence-corrected chi connectivity index (χ1v) is 5.54. The molecule has 1 aromatic carbocycles. The predicted octanol–water partition coefficient (Wildman–Crippen LogP) is 3.13. The van der Waals surface area contributed by atoms with Crippen LogP contribution in [0, 0.1) is 11.3 Å². The number of hydrogen-bond donors (Lipinski definition) is 0. The summed E-state index contributed by atoms with van der Waals surface area (Å²) >= 11 is 3.07. The summed E-state index contributed by atoms with van der Waals surface area (Å²) < 4.78 is 28.2. The number of hydrogen-bond acceptors (Lipinski definition) is 3. The summed E-state index contributed by atoms with van der Waals surface area (Å²) in [5.74, 6) is -0.503. The Bertz CT molecular complexity index is 469. The summed E-state index contributed by atoms with van der Waals surface area (Å²) in [6, 6.07) is 5.47. The summed E-state index contributed by atoms with van der Waals surface area (Å²) in [7, 11) is 0. The molecule has 0 fully saturated rings. The fourth-order valence-corrected chi connectivity index (χ4v) is 1.46. The normalized spacial score (nSPS) is 12.0. The molecular formula is C11H8BrF2NO2. The molecule has 17 heavy (non-hydrogen) atoms. The van der Waals surface area contributed by atoms with Crippen molar-refractivity contribution in [2.75, 3.05) is 0 Å². The number of nitrogens with zero attached hydrogens (tertiary/aromatic N) is 1. The molecule has 0 bridgehead atoms. The topological polar surface area (TPSA) is 50.1 Å². The summed E-state index contributed by atoms with van der Waals surface area (Å²) in [4.78, 5) is 11.2. The summed E-state index contributed by atoms with van der Waals surface area (Å²) in [6.07, 6.45) is 0. The number of nitriles is 1. The fourth-order valence-electron chi connectivity index (χ4n) is 1.22. The molecule has 0 N–H and O–H groups in total. The molecule has 1 unspecified atom stereocenters. The minimum absolute atomic E-state index is 0.0648. The standard InChI is InChI=1S/C11H8BrF2NO2/c1-6(12)10(16)9-4-8(17-11(13)14)3-2-7(9)5-15/h2-4,6,11H,1H3. The van der Waals surface area contributed by atoms with Crippen LogP contribution in [0.5, 0.6) is 5.75 Å². The van der Waals surface area contributed by atoms with Crippen molar-refractivity contribution >= 4 is 21.7 Å². The Hall–Kier alpha value is -1.48. The maximum Gasteiger partial charge on any atom is 0.387 e. The molecule has 6 heteroatoms. The van der Waals surface area contributed by atoms with E-state index in [1.165, 1.54) is 12.1 Å². The largest absolute Gasteiger partial charge is 0.435 e. The second-order valence-electron chi connectivity index (χ2n) is 3.18. The number of ketones is 1. The molecule has 0 aliphatic carbocycles. The smallest absolute Gasteiger partial charge is 0.387 e. The van der Waals surface area contributed by atoms with Crippen molar-refractivity contribution in [1.82, 2.24) is 0 Å². The molecule has 3 nitrogen and oxygen atoms in total. The first kappa shape index (κ1) is 13.6. The molecule has 0 saturated heterocycles. The van der Waals surface area contributed by atoms with Gasteiger partial charge in [-0.05, 0) is 25.1 Å². The van der Waals surface area contributed by atoms with E-state index in [1.54, 1.807) is 6.92 Å². The van der Waals surface area contributed by atoms with Gasteiger partial charge in [0.2, 0.25) is 0 Å². The van der Waals surface area contributed by atoms with Gasteiger partial charge < -0.3 is 4.74 Å². The molecule has 1 atom stereocenters. The quantitative estimate of drug-likeness (QED) is 0.634. The Morgan fingerprint density at radius 2 is 2.18 bits per heavy atom. The number of rotatable bonds is 4. The van der Waals surface area contributed by atoms with Gasteiger partial charge in [0.05, 0.1) is 16.5 Å². The molecular weight excluding hydrogens is 296 g/mol. The van der Waals surface area contributed by atoms with Crippen molar-refractivity contribution in [3.63, 3.8) is 0 Å². The SMILES string of the molecule is CC(Br)C(=O)c1cc(OC(F)F)ccc1C#N. The predicted molar refractivity (Wildman–Crippen MR) is 60.5 cm³/mol. The fraction of sp³-hybridized carbons (Fsp3) is 0.273. The third kappa shape index (κ3) is 3.49. The minimum Gasteiger partial charge on any atom is -0.435 e. The van der Waals surface area contributed by atoms with Crippen molar-refractivity contribution in [2.45, 2.75) is 18.4 Å². The molecule has 0 aliphatic rings. The van der Waals surface area contributed by atoms with E-state index in [2.05, 4.69) is 20.7 Å². The third-order valence-electron chi connectivity index (χ3n) is 1.96. The number of alkyl halides is 3. The van der Waals surface area contributed by atoms with Gasteiger partial charge in [0.1, 0.15) is 5.75 Å². The number of carbonyl (C=O) groups is 1. The molecule has 0 radical (unpaired) electrons. The first-order valence-electron chi connectivity index (χ1n) is 4.63. The van der Waals surface area contributed by atoms with Crippen LogP contribution in [-0.2, 0) is 0 Å². The highest BCUT2D eigenvalue weighted by Crippen LogP contribution is 2.22. The van der Waals surface area contributed by atoms with Crippen molar-refractivity contribution < 1.29 is 18.3 Å². The van der Waals surface area contributed by atoms with Crippen LogP contribution in [0.25, 0.3) is 0 Å². The second kappa shape index (κ2) is 5.73. The van der Waals surface area contributed by atoms with Crippen molar-refractivity contribution in [3.8, 4) is 11.8 Å². The van der Waals surface area contributed by atoms with Crippen LogP contribution in [0.15, 0.2) is 18.2 Å². The van der Waals surface area contributed by atoms with Crippen molar-refractivity contribution in [3.05, 3.63) is 29.3 Å². The lowest BCUT2D eigenvalue weighted by Crippen LogP contribution is -2.12. The van der Waals surface area contributed by atoms with Gasteiger partial charge in [-0.2, -0.15) is 14.0 Å². The molecule has 0 saturated carbocycles. The van der Waals surface area contributed by atoms with Gasteiger partial charge in [0.25, 0.3) is 0 Å². The number of halogens is 3. The van der Waals surface area contributed by atoms with Crippen LogP contribution in [0.1, 0.15) is 22.8 Å². The van der Waals surface area contributed by atoms with Gasteiger partial charge in [-0.3, -0.25) is 4.79 Å². The number of benzene rings is 1. The Morgan fingerprint density at radius 1 is 1.53 bits per heavy atom. The zero-order valence-electron chi connectivity index (χ0n) is 8.78. The van der Waals surface area contributed by atoms with Crippen LogP contribution in [0.3, 0.4) is 0 Å². The molecule has 0 aliphatic heterocycles. The van der Waals surface area contributed by atoms with Crippen LogP contribution in [-0.4, -0.2) is 17.2 Å². The van der Waals surface area contributed by atoms with E-state index in [-0.39, 0.29) is 22.7 Å². The number of ether oxygens (including phenoxy) is 1. The van der Waals surface area contributed by atoms with Gasteiger partial charge in [-0.1, -0.05) is 15.9 Å². The molecule has 0 amide bonds. The monoisotopic (exact) mass is 303 g/mol. The summed E-state index contributed by atoms with van der Waals surface area (Å²) in [5.41, 5.74) is 0.193. The number of Topliss-reactive ketones (excluding diaryl/α,β-unsaturated/α-hetero) is 1. The van der Waals surface area contributed by atoms with E-state index < -0.39 is 11.4 Å². The highest BCUT2D eigenvalue weighted by Gasteiger charge is 2.18. The average molecular weight is 304 g/mol. The molecule has 0 spiro atoms. The van der Waals surface area contributed by atoms with Crippen LogP contribution < -0.4 is 4.74 Å². The molecule has 0 aromatic heterocycles. The van der Waals surface area contributed by atoms with E-state index >= 15 is 0 Å². The summed E-state index contributed by atoms with van der Waals surface area (Å²) in [5, 5.41) is 8.82. The second-order valence-corrected chi connectivity index (χ2v) is 4.55. The summed E-state index contributed by atoms with van der Waals surface area (Å²) in [6.45, 7) is -1.38. The van der Waals surface area contributed by atoms with Gasteiger partial charge >= 0.3 is 6.61 Å². The Labute approximate surface area is 105 Å². The zero-order chi connectivity index (χ0) is 13.0. The van der Waals surface area contributed by atoms with E-state index in [4.69, 9.17) is 5.26 Å². The Balaban J connectivity index is 3.16. The maximum absolute atomic E-state index is 12.0. The minimum atomic E-state index is -2.97. The first-order chi connectivity index (χ1) is 7.95. The van der Waals surface area contributed by atoms with E-state index in [9.17, 15) is 13.6 Å². The molecule has 0 heterocycles. The number of carbonyl (C=O) groups excluding carboxylic acids is 1. The van der Waals surface area contributed by atoms with Gasteiger partial charge in [0, 0.05) is 5.56 Å². The van der Waals surface area contributed by atoms with Gasteiger partial charge in [-0.25, -0.2) is 0 Å². The van der Waals surface area contributed by atoms with Crippen LogP contribution >= 0.6 is 15.9 Å². The molecule has 90 valence electrons. The Kier molecular flexibility index (Phi) is 4.58. The van der Waals surface area contributed by atoms with Crippen molar-refractivity contribution in [1.29, 1.82) is 5.26 Å². The highest BCUT2D eigenvalue weighted by molar-refractivity contribution is 9.10. The molecule has 1 aromatic rings. The zero-order valence-corrected chi connectivity index (χ0v) is 10.4. The van der Waals surface area contributed by atoms with Gasteiger partial charge in [0.15, 0.2) is 5.78 Å². The van der Waals surface area contributed by atoms with Crippen molar-refractivity contribution in [2.24, 2.45) is 0 Å². The highest BCUT2D eigenvalue weighted by atomic mass is 79.9. The van der Waals surface area contributed by atoms with E-state index in [1.807, 2.05) is 6.07 Å². The van der Waals surface area contributed by atoms with E-state index in [0.717, 1.165) is 6.07 Å². The lowest BCUT2D eigenvalue weighted by atomic mass is 10.0. The Morgan fingerprint density at radius 3 is 2.65 bits per heavy atom. The molecule has 1 rings (SSSR count). The van der Waals surface area contributed by atoms with Crippen LogP contribution in [0.4, 0.5) is 8.78 Å². The lowest BCUT2D eigenvalue weighted by Gasteiger charge is -2.09. The average Bonchev–Trinajstić information content (AvgIpc) is 2.27. The third-order valence-corrected chi connectivity index (χ3v) is 2.38. The van der Waals surface area contributed by atoms with E-state index in [0.29, 0.717) is 0 Å². The van der Waals surface area contributed by atoms with Gasteiger partial charge in [-0.15, -0.1) is 0 Å².